The van der Waals surface area contributed by atoms with E-state index in [-0.39, 0.29) is 11.9 Å². The summed E-state index contributed by atoms with van der Waals surface area (Å²) in [6.07, 6.45) is 1.22. The van der Waals surface area contributed by atoms with Crippen LogP contribution in [0.25, 0.3) is 0 Å². The third-order valence-corrected chi connectivity index (χ3v) is 3.66. The summed E-state index contributed by atoms with van der Waals surface area (Å²) in [6.45, 7) is 3.13. The average Bonchev–Trinajstić information content (AvgIpc) is 2.48. The Hall–Kier alpha value is -2.08. The number of nitrogens with one attached hydrogen (secondary N) is 3. The molecule has 6 nitrogen and oxygen atoms in total. The molecule has 0 radical (unpaired) electrons. The Labute approximate surface area is 117 Å². The zero-order chi connectivity index (χ0) is 13.9. The summed E-state index contributed by atoms with van der Waals surface area (Å²) in [5.41, 5.74) is 2.70. The van der Waals surface area contributed by atoms with Gasteiger partial charge in [0.05, 0.1) is 0 Å². The Kier molecular flexibility index (Phi) is 3.56. The highest BCUT2D eigenvalue weighted by Crippen LogP contribution is 2.25. The Morgan fingerprint density at radius 2 is 2.00 bits per heavy atom. The van der Waals surface area contributed by atoms with Crippen molar-refractivity contribution < 1.29 is 9.59 Å². The first kappa shape index (κ1) is 12.9. The molecule has 0 spiro atoms. The fourth-order valence-corrected chi connectivity index (χ4v) is 2.53. The van der Waals surface area contributed by atoms with Crippen molar-refractivity contribution in [2.45, 2.75) is 12.8 Å². The quantitative estimate of drug-likeness (QED) is 0.715. The number of hydrogen-bond acceptors (Lipinski definition) is 3. The van der Waals surface area contributed by atoms with Gasteiger partial charge in [-0.25, -0.2) is 4.79 Å². The minimum absolute atomic E-state index is 0.0510. The lowest BCUT2D eigenvalue weighted by molar-refractivity contribution is -0.116. The summed E-state index contributed by atoms with van der Waals surface area (Å²) in [4.78, 5) is 25.2. The van der Waals surface area contributed by atoms with Gasteiger partial charge in [0.2, 0.25) is 5.91 Å². The normalized spacial score (nSPS) is 18.2. The SMILES string of the molecule is O=C1CCc2cc(NC(=O)N3CCNCC3)ccc2N1. The van der Waals surface area contributed by atoms with E-state index in [2.05, 4.69) is 16.0 Å². The van der Waals surface area contributed by atoms with Gasteiger partial charge in [0, 0.05) is 44.0 Å². The number of carbonyl (C=O) groups excluding carboxylic acids is 2. The number of amides is 3. The second-order valence-corrected chi connectivity index (χ2v) is 5.09. The van der Waals surface area contributed by atoms with Crippen molar-refractivity contribution in [3.05, 3.63) is 23.8 Å². The van der Waals surface area contributed by atoms with Gasteiger partial charge in [-0.15, -0.1) is 0 Å². The summed E-state index contributed by atoms with van der Waals surface area (Å²) in [5, 5.41) is 8.97. The number of aryl methyl sites for hydroxylation is 1. The molecular weight excluding hydrogens is 256 g/mol. The highest BCUT2D eigenvalue weighted by atomic mass is 16.2. The lowest BCUT2D eigenvalue weighted by atomic mass is 10.0. The second kappa shape index (κ2) is 5.50. The first-order valence-electron chi connectivity index (χ1n) is 6.92. The molecule has 3 N–H and O–H groups in total. The summed E-state index contributed by atoms with van der Waals surface area (Å²) < 4.78 is 0. The fraction of sp³-hybridized carbons (Fsp3) is 0.429. The molecule has 0 aromatic heterocycles. The van der Waals surface area contributed by atoms with Crippen LogP contribution in [0.3, 0.4) is 0 Å². The lowest BCUT2D eigenvalue weighted by Gasteiger charge is -2.27. The average molecular weight is 274 g/mol. The van der Waals surface area contributed by atoms with Gasteiger partial charge in [0.1, 0.15) is 0 Å². The van der Waals surface area contributed by atoms with E-state index >= 15 is 0 Å². The molecule has 1 aromatic rings. The summed E-state index contributed by atoms with van der Waals surface area (Å²) in [5.74, 6) is 0.0510. The number of anilines is 2. The van der Waals surface area contributed by atoms with Crippen molar-refractivity contribution in [1.29, 1.82) is 0 Å². The number of nitrogens with zero attached hydrogens (tertiary/aromatic N) is 1. The van der Waals surface area contributed by atoms with E-state index in [9.17, 15) is 9.59 Å². The molecule has 2 heterocycles. The molecule has 6 heteroatoms. The Morgan fingerprint density at radius 3 is 2.80 bits per heavy atom. The van der Waals surface area contributed by atoms with E-state index in [0.717, 1.165) is 49.5 Å². The Morgan fingerprint density at radius 1 is 1.20 bits per heavy atom. The molecule has 1 saturated heterocycles. The number of urea groups is 1. The van der Waals surface area contributed by atoms with Crippen LogP contribution in [-0.2, 0) is 11.2 Å². The smallest absolute Gasteiger partial charge is 0.321 e. The molecule has 0 bridgehead atoms. The van der Waals surface area contributed by atoms with E-state index in [1.54, 1.807) is 4.90 Å². The maximum Gasteiger partial charge on any atom is 0.321 e. The van der Waals surface area contributed by atoms with Crippen molar-refractivity contribution in [3.8, 4) is 0 Å². The van der Waals surface area contributed by atoms with Crippen LogP contribution >= 0.6 is 0 Å². The first-order chi connectivity index (χ1) is 9.72. The molecule has 3 rings (SSSR count). The van der Waals surface area contributed by atoms with Gasteiger partial charge in [0.25, 0.3) is 0 Å². The van der Waals surface area contributed by atoms with Crippen LogP contribution in [0.2, 0.25) is 0 Å². The molecule has 2 aliphatic rings. The molecule has 0 aliphatic carbocycles. The van der Waals surface area contributed by atoms with Crippen LogP contribution in [0.4, 0.5) is 16.2 Å². The zero-order valence-electron chi connectivity index (χ0n) is 11.2. The topological polar surface area (TPSA) is 73.5 Å². The monoisotopic (exact) mass is 274 g/mol. The summed E-state index contributed by atoms with van der Waals surface area (Å²) in [7, 11) is 0. The van der Waals surface area contributed by atoms with Crippen LogP contribution in [-0.4, -0.2) is 43.0 Å². The van der Waals surface area contributed by atoms with Crippen LogP contribution < -0.4 is 16.0 Å². The molecule has 0 saturated carbocycles. The van der Waals surface area contributed by atoms with E-state index in [1.165, 1.54) is 0 Å². The summed E-state index contributed by atoms with van der Waals surface area (Å²) in [6, 6.07) is 5.55. The Balaban J connectivity index is 1.68. The predicted molar refractivity (Wildman–Crippen MR) is 76.9 cm³/mol. The van der Waals surface area contributed by atoms with Gasteiger partial charge in [-0.2, -0.15) is 0 Å². The maximum absolute atomic E-state index is 12.1. The number of rotatable bonds is 1. The molecule has 106 valence electrons. The van der Waals surface area contributed by atoms with Crippen LogP contribution in [0, 0.1) is 0 Å². The number of carbonyl (C=O) groups is 2. The van der Waals surface area contributed by atoms with Crippen molar-refractivity contribution in [3.63, 3.8) is 0 Å². The number of benzene rings is 1. The molecule has 20 heavy (non-hydrogen) atoms. The summed E-state index contributed by atoms with van der Waals surface area (Å²) >= 11 is 0. The fourth-order valence-electron chi connectivity index (χ4n) is 2.53. The van der Waals surface area contributed by atoms with Gasteiger partial charge in [-0.1, -0.05) is 0 Å². The van der Waals surface area contributed by atoms with Crippen molar-refractivity contribution in [1.82, 2.24) is 10.2 Å². The number of hydrogen-bond donors (Lipinski definition) is 3. The van der Waals surface area contributed by atoms with Crippen LogP contribution in [0.5, 0.6) is 0 Å². The molecule has 2 aliphatic heterocycles. The highest BCUT2D eigenvalue weighted by molar-refractivity contribution is 5.95. The Bertz CT molecular complexity index is 538. The van der Waals surface area contributed by atoms with Crippen molar-refractivity contribution in [2.24, 2.45) is 0 Å². The third-order valence-electron chi connectivity index (χ3n) is 3.66. The molecule has 0 atom stereocenters. The minimum Gasteiger partial charge on any atom is -0.326 e. The largest absolute Gasteiger partial charge is 0.326 e. The lowest BCUT2D eigenvalue weighted by Crippen LogP contribution is -2.48. The molecule has 3 amide bonds. The zero-order valence-corrected chi connectivity index (χ0v) is 11.2. The number of fused-ring (bicyclic) bond motifs is 1. The van der Waals surface area contributed by atoms with Crippen LogP contribution in [0.1, 0.15) is 12.0 Å². The second-order valence-electron chi connectivity index (χ2n) is 5.09. The predicted octanol–water partition coefficient (Wildman–Crippen LogP) is 1.01. The van der Waals surface area contributed by atoms with E-state index in [1.807, 2.05) is 18.2 Å². The molecule has 1 aromatic carbocycles. The van der Waals surface area contributed by atoms with Gasteiger partial charge in [-0.3, -0.25) is 4.79 Å². The van der Waals surface area contributed by atoms with Gasteiger partial charge in [0.15, 0.2) is 0 Å². The van der Waals surface area contributed by atoms with Crippen molar-refractivity contribution in [2.75, 3.05) is 36.8 Å². The van der Waals surface area contributed by atoms with E-state index in [0.29, 0.717) is 6.42 Å². The van der Waals surface area contributed by atoms with Crippen LogP contribution in [0.15, 0.2) is 18.2 Å². The first-order valence-corrected chi connectivity index (χ1v) is 6.92. The van der Waals surface area contributed by atoms with Gasteiger partial charge < -0.3 is 20.9 Å². The van der Waals surface area contributed by atoms with E-state index in [4.69, 9.17) is 0 Å². The molecule has 1 fully saturated rings. The molecule has 0 unspecified atom stereocenters. The standard InChI is InChI=1S/C14H18N4O2/c19-13-4-1-10-9-11(2-3-12(10)17-13)16-14(20)18-7-5-15-6-8-18/h2-3,9,15H,1,4-8H2,(H,16,20)(H,17,19). The van der Waals surface area contributed by atoms with Gasteiger partial charge in [-0.05, 0) is 30.2 Å². The van der Waals surface area contributed by atoms with E-state index < -0.39 is 0 Å². The minimum atomic E-state index is -0.0636. The third kappa shape index (κ3) is 2.75. The maximum atomic E-state index is 12.1. The highest BCUT2D eigenvalue weighted by Gasteiger charge is 2.18. The number of piperazine rings is 1. The molecular formula is C14H18N4O2. The van der Waals surface area contributed by atoms with Gasteiger partial charge >= 0.3 is 6.03 Å². The van der Waals surface area contributed by atoms with Crippen molar-refractivity contribution >= 4 is 23.3 Å².